The Morgan fingerprint density at radius 3 is 2.34 bits per heavy atom. The fourth-order valence-corrected chi connectivity index (χ4v) is 5.04. The third-order valence-corrected chi connectivity index (χ3v) is 7.11. The van der Waals surface area contributed by atoms with Gasteiger partial charge in [0.25, 0.3) is 0 Å². The number of ether oxygens (including phenoxy) is 1. The van der Waals surface area contributed by atoms with E-state index in [1.54, 1.807) is 0 Å². The van der Waals surface area contributed by atoms with Crippen molar-refractivity contribution < 1.29 is 4.74 Å². The lowest BCUT2D eigenvalue weighted by Gasteiger charge is -2.26. The van der Waals surface area contributed by atoms with Crippen molar-refractivity contribution in [3.05, 3.63) is 87.6 Å². The summed E-state index contributed by atoms with van der Waals surface area (Å²) in [5.74, 6) is 3.63. The van der Waals surface area contributed by atoms with Crippen LogP contribution in [0.3, 0.4) is 0 Å². The van der Waals surface area contributed by atoms with Gasteiger partial charge in [0, 0.05) is 0 Å². The highest BCUT2D eigenvalue weighted by Gasteiger charge is 2.35. The molecule has 1 aromatic carbocycles. The number of terminal acetylenes is 1. The Morgan fingerprint density at radius 1 is 1.19 bits per heavy atom. The van der Waals surface area contributed by atoms with Crippen molar-refractivity contribution in [3.63, 3.8) is 0 Å². The summed E-state index contributed by atoms with van der Waals surface area (Å²) in [6.07, 6.45) is 18.1. The summed E-state index contributed by atoms with van der Waals surface area (Å²) in [5, 5.41) is 0. The summed E-state index contributed by atoms with van der Waals surface area (Å²) >= 11 is 0. The van der Waals surface area contributed by atoms with Crippen LogP contribution in [-0.4, -0.2) is 6.10 Å². The van der Waals surface area contributed by atoms with Crippen LogP contribution in [0.4, 0.5) is 0 Å². The highest BCUT2D eigenvalue weighted by atomic mass is 16.6. The summed E-state index contributed by atoms with van der Waals surface area (Å²) in [5.41, 5.74) is 10.3. The van der Waals surface area contributed by atoms with Gasteiger partial charge in [0.05, 0.1) is 12.0 Å². The highest BCUT2D eigenvalue weighted by molar-refractivity contribution is 5.73. The SMILES string of the molecule is C#CC(/C(C)=C\C(=C/C)C1=C(C)C(CC)CC=C1C)/C(=C\C)c1ccc(C2OC2C)cc1. The van der Waals surface area contributed by atoms with E-state index < -0.39 is 0 Å². The van der Waals surface area contributed by atoms with Crippen LogP contribution in [0.5, 0.6) is 0 Å². The normalized spacial score (nSPS) is 25.4. The van der Waals surface area contributed by atoms with E-state index in [1.165, 1.54) is 51.0 Å². The maximum Gasteiger partial charge on any atom is 0.109 e. The lowest BCUT2D eigenvalue weighted by Crippen LogP contribution is -2.10. The van der Waals surface area contributed by atoms with Crippen LogP contribution < -0.4 is 0 Å². The van der Waals surface area contributed by atoms with Gasteiger partial charge in [-0.1, -0.05) is 72.6 Å². The van der Waals surface area contributed by atoms with Crippen molar-refractivity contribution in [2.45, 2.75) is 73.5 Å². The first kappa shape index (κ1) is 24.1. The van der Waals surface area contributed by atoms with Gasteiger partial charge in [-0.25, -0.2) is 0 Å². The molecule has 0 spiro atoms. The maximum atomic E-state index is 6.09. The fraction of sp³-hybridized carbons (Fsp3) is 0.419. The lowest BCUT2D eigenvalue weighted by molar-refractivity contribution is 0.383. The van der Waals surface area contributed by atoms with Crippen molar-refractivity contribution in [3.8, 4) is 12.3 Å². The second-order valence-corrected chi connectivity index (χ2v) is 9.15. The minimum Gasteiger partial charge on any atom is -0.365 e. The minimum absolute atomic E-state index is 0.0624. The van der Waals surface area contributed by atoms with Crippen LogP contribution in [0.25, 0.3) is 5.57 Å². The predicted molar refractivity (Wildman–Crippen MR) is 138 cm³/mol. The molecule has 4 unspecified atom stereocenters. The average Bonchev–Trinajstić information content (AvgIpc) is 3.53. The summed E-state index contributed by atoms with van der Waals surface area (Å²) in [4.78, 5) is 0. The van der Waals surface area contributed by atoms with Crippen molar-refractivity contribution in [1.82, 2.24) is 0 Å². The Balaban J connectivity index is 1.91. The van der Waals surface area contributed by atoms with Gasteiger partial charge in [0.1, 0.15) is 6.10 Å². The fourth-order valence-electron chi connectivity index (χ4n) is 5.04. The van der Waals surface area contributed by atoms with E-state index in [2.05, 4.69) is 103 Å². The summed E-state index contributed by atoms with van der Waals surface area (Å²) < 4.78 is 5.61. The van der Waals surface area contributed by atoms with Gasteiger partial charge < -0.3 is 4.74 Å². The molecule has 0 radical (unpaired) electrons. The van der Waals surface area contributed by atoms with Gasteiger partial charge in [-0.3, -0.25) is 0 Å². The first-order chi connectivity index (χ1) is 15.4. The molecule has 1 heteroatoms. The Bertz CT molecular complexity index is 1030. The minimum atomic E-state index is -0.0624. The van der Waals surface area contributed by atoms with Gasteiger partial charge in [0.2, 0.25) is 0 Å². The number of benzene rings is 1. The first-order valence-electron chi connectivity index (χ1n) is 12.0. The molecular weight excluding hydrogens is 388 g/mol. The van der Waals surface area contributed by atoms with Crippen LogP contribution in [0.1, 0.15) is 78.5 Å². The van der Waals surface area contributed by atoms with Gasteiger partial charge >= 0.3 is 0 Å². The predicted octanol–water partition coefficient (Wildman–Crippen LogP) is 8.38. The van der Waals surface area contributed by atoms with Gasteiger partial charge in [-0.2, -0.15) is 0 Å². The van der Waals surface area contributed by atoms with Gasteiger partial charge in [-0.05, 0) is 93.7 Å². The molecule has 1 fully saturated rings. The smallest absolute Gasteiger partial charge is 0.109 e. The molecule has 0 amide bonds. The molecule has 1 heterocycles. The van der Waals surface area contributed by atoms with Crippen LogP contribution >= 0.6 is 0 Å². The Hall–Kier alpha value is -2.56. The molecule has 168 valence electrons. The Labute approximate surface area is 195 Å². The monoisotopic (exact) mass is 426 g/mol. The van der Waals surface area contributed by atoms with E-state index in [-0.39, 0.29) is 12.0 Å². The van der Waals surface area contributed by atoms with Crippen molar-refractivity contribution >= 4 is 5.57 Å². The molecule has 1 nitrogen and oxygen atoms in total. The molecule has 0 aromatic heterocycles. The first-order valence-corrected chi connectivity index (χ1v) is 12.0. The molecule has 2 aliphatic rings. The molecule has 1 aliphatic heterocycles. The number of epoxide rings is 1. The summed E-state index contributed by atoms with van der Waals surface area (Å²) in [7, 11) is 0. The van der Waals surface area contributed by atoms with E-state index in [9.17, 15) is 0 Å². The molecule has 0 bridgehead atoms. The van der Waals surface area contributed by atoms with E-state index in [1.807, 2.05) is 0 Å². The molecule has 3 rings (SSSR count). The lowest BCUT2D eigenvalue weighted by atomic mass is 9.78. The molecule has 0 N–H and O–H groups in total. The standard InChI is InChI=1S/C31H38O/c1-9-24-14-13-20(5)30(22(24)7)25(10-2)19-21(6)28(11-3)29(12-4)26-15-17-27(18-16-26)31-23(8)32-31/h3,10,12-13,15-19,23-24,28,31H,9,14H2,1-2,4-8H3/b21-19-,25-10+,29-12-. The zero-order chi connectivity index (χ0) is 23.4. The topological polar surface area (TPSA) is 12.5 Å². The van der Waals surface area contributed by atoms with Gasteiger partial charge in [-0.15, -0.1) is 6.42 Å². The summed E-state index contributed by atoms with van der Waals surface area (Å²) in [6.45, 7) is 15.3. The molecule has 1 aromatic rings. The number of allylic oxidation sites excluding steroid dienone is 10. The van der Waals surface area contributed by atoms with Crippen molar-refractivity contribution in [2.24, 2.45) is 11.8 Å². The Morgan fingerprint density at radius 2 is 1.84 bits per heavy atom. The highest BCUT2D eigenvalue weighted by Crippen LogP contribution is 2.40. The third-order valence-electron chi connectivity index (χ3n) is 7.11. The molecular formula is C31H38O. The van der Waals surface area contributed by atoms with E-state index in [0.717, 1.165) is 6.42 Å². The van der Waals surface area contributed by atoms with Gasteiger partial charge in [0.15, 0.2) is 0 Å². The second-order valence-electron chi connectivity index (χ2n) is 9.15. The molecule has 0 saturated carbocycles. The van der Waals surface area contributed by atoms with E-state index >= 15 is 0 Å². The second kappa shape index (κ2) is 10.4. The molecule has 1 aliphatic carbocycles. The third kappa shape index (κ3) is 4.92. The Kier molecular flexibility index (Phi) is 7.81. The number of rotatable bonds is 7. The number of hydrogen-bond donors (Lipinski definition) is 0. The van der Waals surface area contributed by atoms with E-state index in [0.29, 0.717) is 12.0 Å². The molecule has 4 atom stereocenters. The van der Waals surface area contributed by atoms with Crippen LogP contribution in [0.15, 0.2) is 76.4 Å². The quantitative estimate of drug-likeness (QED) is 0.242. The maximum absolute atomic E-state index is 6.09. The van der Waals surface area contributed by atoms with Crippen LogP contribution in [0.2, 0.25) is 0 Å². The zero-order valence-corrected chi connectivity index (χ0v) is 20.8. The molecule has 32 heavy (non-hydrogen) atoms. The van der Waals surface area contributed by atoms with E-state index in [4.69, 9.17) is 11.2 Å². The largest absolute Gasteiger partial charge is 0.365 e. The average molecular weight is 427 g/mol. The number of hydrogen-bond acceptors (Lipinski definition) is 1. The van der Waals surface area contributed by atoms with Crippen molar-refractivity contribution in [2.75, 3.05) is 0 Å². The molecule has 1 saturated heterocycles. The summed E-state index contributed by atoms with van der Waals surface area (Å²) in [6, 6.07) is 8.71. The zero-order valence-electron chi connectivity index (χ0n) is 20.8. The van der Waals surface area contributed by atoms with Crippen LogP contribution in [0, 0.1) is 24.2 Å². The van der Waals surface area contributed by atoms with Crippen molar-refractivity contribution in [1.29, 1.82) is 0 Å². The van der Waals surface area contributed by atoms with Crippen LogP contribution in [-0.2, 0) is 4.74 Å².